The predicted octanol–water partition coefficient (Wildman–Crippen LogP) is 2.61. The lowest BCUT2D eigenvalue weighted by molar-refractivity contribution is 0.176. The predicted molar refractivity (Wildman–Crippen MR) is 83.5 cm³/mol. The van der Waals surface area contributed by atoms with E-state index in [2.05, 4.69) is 32.8 Å². The molecule has 2 atom stereocenters. The van der Waals surface area contributed by atoms with Crippen molar-refractivity contribution in [3.8, 4) is 11.5 Å². The van der Waals surface area contributed by atoms with E-state index >= 15 is 0 Å². The fourth-order valence-corrected chi connectivity index (χ4v) is 2.73. The standard InChI is InChI=1S/C16H28N2O2/c1-7-8-15(18(3)4)16(2,17)12-9-10-13(19-5)14(11-12)20-6/h9-11,15H,7-8,17H2,1-6H3. The molecule has 2 unspecified atom stereocenters. The third-order valence-electron chi connectivity index (χ3n) is 3.88. The third kappa shape index (κ3) is 3.44. The molecule has 0 fully saturated rings. The molecule has 0 aromatic heterocycles. The molecule has 1 aromatic carbocycles. The molecular weight excluding hydrogens is 252 g/mol. The first-order valence-electron chi connectivity index (χ1n) is 7.06. The van der Waals surface area contributed by atoms with Crippen molar-refractivity contribution in [2.45, 2.75) is 38.3 Å². The fourth-order valence-electron chi connectivity index (χ4n) is 2.73. The highest BCUT2D eigenvalue weighted by molar-refractivity contribution is 5.45. The first-order valence-corrected chi connectivity index (χ1v) is 7.06. The average molecular weight is 280 g/mol. The number of hydrogen-bond acceptors (Lipinski definition) is 4. The number of rotatable bonds is 7. The van der Waals surface area contributed by atoms with Gasteiger partial charge in [-0.1, -0.05) is 19.4 Å². The first-order chi connectivity index (χ1) is 9.38. The van der Waals surface area contributed by atoms with Crippen molar-refractivity contribution in [1.82, 2.24) is 4.90 Å². The average Bonchev–Trinajstić information content (AvgIpc) is 2.43. The fraction of sp³-hybridized carbons (Fsp3) is 0.625. The Morgan fingerprint density at radius 3 is 2.25 bits per heavy atom. The second-order valence-electron chi connectivity index (χ2n) is 5.62. The van der Waals surface area contributed by atoms with E-state index in [1.807, 2.05) is 18.2 Å². The summed E-state index contributed by atoms with van der Waals surface area (Å²) in [4.78, 5) is 2.19. The zero-order valence-corrected chi connectivity index (χ0v) is 13.6. The molecule has 0 radical (unpaired) electrons. The number of nitrogens with zero attached hydrogens (tertiary/aromatic N) is 1. The van der Waals surface area contributed by atoms with Gasteiger partial charge in [-0.3, -0.25) is 0 Å². The Labute approximate surface area is 122 Å². The van der Waals surface area contributed by atoms with E-state index in [9.17, 15) is 0 Å². The molecule has 0 amide bonds. The molecule has 0 aliphatic rings. The van der Waals surface area contributed by atoms with Crippen LogP contribution in [0.25, 0.3) is 0 Å². The summed E-state index contributed by atoms with van der Waals surface area (Å²) in [6, 6.07) is 6.18. The summed E-state index contributed by atoms with van der Waals surface area (Å²) >= 11 is 0. The maximum atomic E-state index is 6.65. The van der Waals surface area contributed by atoms with Gasteiger partial charge in [0.2, 0.25) is 0 Å². The molecule has 0 bridgehead atoms. The molecule has 2 N–H and O–H groups in total. The summed E-state index contributed by atoms with van der Waals surface area (Å²) in [7, 11) is 7.43. The molecule has 4 nitrogen and oxygen atoms in total. The van der Waals surface area contributed by atoms with Crippen LogP contribution in [0.5, 0.6) is 11.5 Å². The Balaban J connectivity index is 3.19. The number of methoxy groups -OCH3 is 2. The number of ether oxygens (including phenoxy) is 2. The van der Waals surface area contributed by atoms with Crippen molar-refractivity contribution < 1.29 is 9.47 Å². The van der Waals surface area contributed by atoms with Crippen molar-refractivity contribution in [3.63, 3.8) is 0 Å². The van der Waals surface area contributed by atoms with E-state index in [1.165, 1.54) is 0 Å². The van der Waals surface area contributed by atoms with Crippen LogP contribution in [0.1, 0.15) is 32.3 Å². The van der Waals surface area contributed by atoms with Gasteiger partial charge in [0.05, 0.1) is 19.8 Å². The summed E-state index contributed by atoms with van der Waals surface area (Å²) in [5.74, 6) is 1.44. The highest BCUT2D eigenvalue weighted by Gasteiger charge is 2.33. The van der Waals surface area contributed by atoms with E-state index in [-0.39, 0.29) is 6.04 Å². The molecule has 0 heterocycles. The van der Waals surface area contributed by atoms with Gasteiger partial charge in [0.1, 0.15) is 0 Å². The lowest BCUT2D eigenvalue weighted by Crippen LogP contribution is -2.52. The van der Waals surface area contributed by atoms with Crippen molar-refractivity contribution >= 4 is 0 Å². The van der Waals surface area contributed by atoms with Crippen LogP contribution in [-0.2, 0) is 5.54 Å². The smallest absolute Gasteiger partial charge is 0.161 e. The number of hydrogen-bond donors (Lipinski definition) is 1. The van der Waals surface area contributed by atoms with Crippen LogP contribution in [0.15, 0.2) is 18.2 Å². The van der Waals surface area contributed by atoms with E-state index < -0.39 is 5.54 Å². The van der Waals surface area contributed by atoms with Crippen molar-refractivity contribution in [3.05, 3.63) is 23.8 Å². The van der Waals surface area contributed by atoms with Gasteiger partial charge in [0, 0.05) is 6.04 Å². The second kappa shape index (κ2) is 6.95. The Morgan fingerprint density at radius 2 is 1.80 bits per heavy atom. The Hall–Kier alpha value is -1.26. The monoisotopic (exact) mass is 280 g/mol. The van der Waals surface area contributed by atoms with Crippen LogP contribution in [0, 0.1) is 0 Å². The van der Waals surface area contributed by atoms with Crippen LogP contribution < -0.4 is 15.2 Å². The van der Waals surface area contributed by atoms with Gasteiger partial charge in [-0.25, -0.2) is 0 Å². The molecule has 0 aliphatic heterocycles. The first kappa shape index (κ1) is 16.8. The van der Waals surface area contributed by atoms with Crippen molar-refractivity contribution in [2.75, 3.05) is 28.3 Å². The Bertz CT molecular complexity index is 430. The summed E-state index contributed by atoms with van der Waals surface area (Å²) < 4.78 is 10.7. The lowest BCUT2D eigenvalue weighted by atomic mass is 9.82. The van der Waals surface area contributed by atoms with E-state index in [4.69, 9.17) is 15.2 Å². The van der Waals surface area contributed by atoms with Gasteiger partial charge in [0.25, 0.3) is 0 Å². The van der Waals surface area contributed by atoms with Crippen LogP contribution >= 0.6 is 0 Å². The summed E-state index contributed by atoms with van der Waals surface area (Å²) in [6.45, 7) is 4.26. The largest absolute Gasteiger partial charge is 0.493 e. The van der Waals surface area contributed by atoms with Gasteiger partial charge in [-0.2, -0.15) is 0 Å². The van der Waals surface area contributed by atoms with Gasteiger partial charge in [0.15, 0.2) is 11.5 Å². The molecule has 1 aromatic rings. The molecule has 20 heavy (non-hydrogen) atoms. The molecule has 4 heteroatoms. The topological polar surface area (TPSA) is 47.7 Å². The maximum Gasteiger partial charge on any atom is 0.161 e. The van der Waals surface area contributed by atoms with E-state index in [0.29, 0.717) is 0 Å². The summed E-state index contributed by atoms with van der Waals surface area (Å²) in [5, 5.41) is 0. The van der Waals surface area contributed by atoms with Crippen molar-refractivity contribution in [1.29, 1.82) is 0 Å². The van der Waals surface area contributed by atoms with Crippen LogP contribution in [0.3, 0.4) is 0 Å². The molecule has 114 valence electrons. The Morgan fingerprint density at radius 1 is 1.20 bits per heavy atom. The minimum atomic E-state index is -0.445. The molecular formula is C16H28N2O2. The van der Waals surface area contributed by atoms with Gasteiger partial charge >= 0.3 is 0 Å². The minimum absolute atomic E-state index is 0.269. The molecule has 0 saturated heterocycles. The zero-order chi connectivity index (χ0) is 15.3. The normalized spacial score (nSPS) is 15.8. The third-order valence-corrected chi connectivity index (χ3v) is 3.88. The van der Waals surface area contributed by atoms with Crippen LogP contribution in [0.4, 0.5) is 0 Å². The number of likely N-dealkylation sites (N-methyl/N-ethyl adjacent to an activating group) is 1. The highest BCUT2D eigenvalue weighted by atomic mass is 16.5. The highest BCUT2D eigenvalue weighted by Crippen LogP contribution is 2.34. The molecule has 0 spiro atoms. The van der Waals surface area contributed by atoms with E-state index in [0.717, 1.165) is 29.9 Å². The summed E-state index contributed by atoms with van der Waals surface area (Å²) in [5.41, 5.74) is 7.26. The summed E-state index contributed by atoms with van der Waals surface area (Å²) in [6.07, 6.45) is 2.15. The molecule has 1 rings (SSSR count). The van der Waals surface area contributed by atoms with Crippen molar-refractivity contribution in [2.24, 2.45) is 5.73 Å². The zero-order valence-electron chi connectivity index (χ0n) is 13.6. The van der Waals surface area contributed by atoms with Gasteiger partial charge in [-0.05, 0) is 45.1 Å². The van der Waals surface area contributed by atoms with Gasteiger partial charge < -0.3 is 20.1 Å². The maximum absolute atomic E-state index is 6.65. The second-order valence-corrected chi connectivity index (χ2v) is 5.62. The van der Waals surface area contributed by atoms with E-state index in [1.54, 1.807) is 14.2 Å². The number of benzene rings is 1. The SMILES string of the molecule is CCCC(N(C)C)C(C)(N)c1ccc(OC)c(OC)c1. The molecule has 0 saturated carbocycles. The quantitative estimate of drug-likeness (QED) is 0.834. The van der Waals surface area contributed by atoms with Crippen LogP contribution in [-0.4, -0.2) is 39.3 Å². The number of nitrogens with two attached hydrogens (primary N) is 1. The molecule has 0 aliphatic carbocycles. The Kier molecular flexibility index (Phi) is 5.84. The van der Waals surface area contributed by atoms with Crippen LogP contribution in [0.2, 0.25) is 0 Å². The minimum Gasteiger partial charge on any atom is -0.493 e. The van der Waals surface area contributed by atoms with Gasteiger partial charge in [-0.15, -0.1) is 0 Å². The lowest BCUT2D eigenvalue weighted by Gasteiger charge is -2.39.